The summed E-state index contributed by atoms with van der Waals surface area (Å²) in [7, 11) is -0.503. The molecule has 538 valence electrons. The Hall–Kier alpha value is -7.62. The Labute approximate surface area is 645 Å². The van der Waals surface area contributed by atoms with E-state index >= 15 is 0 Å². The molecule has 0 spiro atoms. The van der Waals surface area contributed by atoms with Crippen LogP contribution in [0.1, 0.15) is 108 Å². The van der Waals surface area contributed by atoms with Crippen molar-refractivity contribution in [2.45, 2.75) is 108 Å². The molecule has 1 aliphatic rings. The number of nitro benzene ring substituents is 1. The Kier molecular flexibility index (Phi) is 30.2. The number of halogens is 6. The van der Waals surface area contributed by atoms with Crippen LogP contribution < -0.4 is 30.2 Å². The van der Waals surface area contributed by atoms with Gasteiger partial charge in [0, 0.05) is 123 Å². The van der Waals surface area contributed by atoms with Gasteiger partial charge in [0.25, 0.3) is 5.69 Å². The average molecular weight is 1920 g/mol. The molecule has 3 aromatic carbocycles. The first-order chi connectivity index (χ1) is 48.3. The predicted molar refractivity (Wildman–Crippen MR) is 424 cm³/mol. The number of nitrogens with one attached hydrogen (secondary N) is 3. The van der Waals surface area contributed by atoms with Crippen molar-refractivity contribution >= 4 is 166 Å². The van der Waals surface area contributed by atoms with Crippen LogP contribution in [0.25, 0.3) is 78.0 Å². The number of aryl methyl sites for hydroxylation is 3. The average Bonchev–Trinajstić information content (AvgIpc) is 1.61. The molecule has 9 aromatic heterocycles. The van der Waals surface area contributed by atoms with Gasteiger partial charge in [0.1, 0.15) is 51.1 Å². The number of anilines is 2. The van der Waals surface area contributed by atoms with E-state index in [-0.39, 0.29) is 19.1 Å². The fraction of sp³-hybridized carbons (Fsp3) is 0.271. The summed E-state index contributed by atoms with van der Waals surface area (Å²) in [5.41, 5.74) is 23.4. The summed E-state index contributed by atoms with van der Waals surface area (Å²) in [6.45, 7) is 22.8. The third kappa shape index (κ3) is 20.4. The number of nitrogens with two attached hydrogens (primary N) is 2. The summed E-state index contributed by atoms with van der Waals surface area (Å²) in [4.78, 5) is 67.4. The van der Waals surface area contributed by atoms with Crippen LogP contribution in [0.3, 0.4) is 0 Å². The predicted octanol–water partition coefficient (Wildman–Crippen LogP) is 14.0. The van der Waals surface area contributed by atoms with Crippen LogP contribution in [0, 0.1) is 10.1 Å². The molecular formula is C70H77BBr3I3N15O10-. The fourth-order valence-corrected chi connectivity index (χ4v) is 11.6. The quantitative estimate of drug-likeness (QED) is 0.0121. The summed E-state index contributed by atoms with van der Waals surface area (Å²) in [5, 5.41) is 26.7. The number of nitro groups is 1. The first-order valence-electron chi connectivity index (χ1n) is 31.6. The maximum atomic E-state index is 12.1. The van der Waals surface area contributed by atoms with Crippen molar-refractivity contribution in [3.8, 4) is 44.9 Å². The van der Waals surface area contributed by atoms with Crippen LogP contribution in [0.2, 0.25) is 0 Å². The first-order valence-corrected chi connectivity index (χ1v) is 46.6. The van der Waals surface area contributed by atoms with Crippen molar-refractivity contribution in [3.63, 3.8) is 0 Å². The molecule has 1 aliphatic heterocycles. The third-order valence-corrected chi connectivity index (χ3v) is 17.5. The van der Waals surface area contributed by atoms with Gasteiger partial charge in [0.2, 0.25) is 0 Å². The molecule has 1 saturated heterocycles. The molecular weight excluding hydrogens is 1840 g/mol. The van der Waals surface area contributed by atoms with Gasteiger partial charge >= 0.3 is 75.5 Å². The van der Waals surface area contributed by atoms with Crippen molar-refractivity contribution in [1.82, 2.24) is 59.2 Å². The van der Waals surface area contributed by atoms with Gasteiger partial charge in [-0.15, -0.1) is 0 Å². The number of esters is 3. The van der Waals surface area contributed by atoms with Crippen LogP contribution >= 0.6 is 85.0 Å². The second-order valence-corrected chi connectivity index (χ2v) is 41.7. The number of nitrogens with zero attached hydrogens (tertiary/aromatic N) is 10. The van der Waals surface area contributed by atoms with Gasteiger partial charge in [0.05, 0.1) is 44.9 Å². The Bertz CT molecular complexity index is 4850. The van der Waals surface area contributed by atoms with Gasteiger partial charge in [-0.05, 0) is 189 Å². The van der Waals surface area contributed by atoms with E-state index in [1.807, 2.05) is 136 Å². The molecule has 13 rings (SSSR count). The number of non-ortho nitro benzene ring substituents is 1. The van der Waals surface area contributed by atoms with Crippen molar-refractivity contribution in [1.29, 1.82) is 0 Å². The number of fused-ring (bicyclic) bond motifs is 3. The maximum absolute atomic E-state index is 12.1. The molecule has 0 radical (unpaired) electrons. The number of carbonyl (C=O) groups excluding carboxylic acids is 3. The number of carbonyl (C=O) groups is 3. The number of aromatic nitrogens is 12. The van der Waals surface area contributed by atoms with E-state index in [9.17, 15) is 24.5 Å². The van der Waals surface area contributed by atoms with Gasteiger partial charge in [-0.1, -0.05) is 43.8 Å². The van der Waals surface area contributed by atoms with E-state index in [4.69, 9.17) is 40.1 Å². The molecule has 0 unspecified atom stereocenters. The van der Waals surface area contributed by atoms with E-state index in [2.05, 4.69) is 132 Å². The summed E-state index contributed by atoms with van der Waals surface area (Å²) in [6.07, 6.45) is 10.9. The zero-order valence-electron chi connectivity index (χ0n) is 56.7. The summed E-state index contributed by atoms with van der Waals surface area (Å²) in [5.74, 6) is -1.15. The normalized spacial score (nSPS) is 12.4. The number of hydrogen-bond acceptors (Lipinski definition) is 18. The number of pyridine rings is 3. The summed E-state index contributed by atoms with van der Waals surface area (Å²) in [6, 6.07) is 32.7. The molecule has 102 heavy (non-hydrogen) atoms. The zero-order valence-corrected chi connectivity index (χ0v) is 67.9. The molecule has 32 heteroatoms. The number of aromatic amines is 3. The SMILES string of the molecule is C.CCOC(=O)c1cc2c(-c3cn(CC)nc3-c3cccc(N)c3)ccnc2[nH]1.CCOC(=O)c1cc2c(B3OC(C)(C)C(C)(C)O3)ccnc2[nH]1.CCOC(=O)c1cc2c(Br)ccnc2[nH]1.CCn1cc(Br)c(-c2cccc(N)c2)n1.CCn1cc(Br)c(-c2cccc([N+](=O)[O-])c2)n1.I[I-]I. The molecule has 7 N–H and O–H groups in total. The summed E-state index contributed by atoms with van der Waals surface area (Å²) < 4.78 is 35.5. The molecule has 0 atom stereocenters. The standard InChI is InChI=1S/C21H21N5O2.C16H21BN2O4.C11H10BrN3O2.C11H12BrN3.C10H9BrN2O2.CH4.I3/c1-3-26-12-17(19(25-26)13-6-5-7-14(22)10-13)15-8-9-23-20-16(15)11-18(24-20)21(27)28-4-2;1-6-21-14(20)12-9-10-11(7-8-18-13(10)19-12)17-22-15(2,3)16(4,5)23-17;1-2-14-7-10(12)11(13-14)8-4-3-5-9(6-8)15(16)17;1-2-15-7-10(12)11(14-15)8-4-3-5-9(13)6-8;1-2-15-10(14)8-5-6-7(11)3-4-12-9(6)13-8;;1-3-2/h5-12H,3-4,22H2,1-2H3,(H,23,24);7-9H,6H2,1-5H3,(H,18,19);3-7H,2H2,1H3;3-7H,2,13H2,1H3;3-5H,2H2,1H3,(H,12,13);1H4;/q;;;;;;-1. The number of H-pyrrole nitrogens is 3. The number of hydrogen-bond donors (Lipinski definition) is 5. The van der Waals surface area contributed by atoms with E-state index in [0.29, 0.717) is 72.8 Å². The van der Waals surface area contributed by atoms with E-state index in [0.717, 1.165) is 105 Å². The molecule has 0 bridgehead atoms. The topological polar surface area (TPSA) is 332 Å². The molecule has 12 aromatic rings. The zero-order chi connectivity index (χ0) is 73.3. The molecule has 0 amide bonds. The van der Waals surface area contributed by atoms with Crippen molar-refractivity contribution in [2.24, 2.45) is 0 Å². The van der Waals surface area contributed by atoms with Gasteiger partial charge in [-0.3, -0.25) is 24.2 Å². The van der Waals surface area contributed by atoms with Gasteiger partial charge in [-0.25, -0.2) is 29.3 Å². The molecule has 1 fully saturated rings. The molecule has 0 aliphatic carbocycles. The Balaban J connectivity index is 0.000000180. The number of ether oxygens (including phenoxy) is 3. The van der Waals surface area contributed by atoms with Crippen LogP contribution in [0.4, 0.5) is 17.1 Å². The number of benzene rings is 3. The van der Waals surface area contributed by atoms with Gasteiger partial charge in [-0.2, -0.15) is 15.3 Å². The Morgan fingerprint density at radius 2 is 0.941 bits per heavy atom. The van der Waals surface area contributed by atoms with E-state index < -0.39 is 35.2 Å². The minimum absolute atomic E-state index is 0. The summed E-state index contributed by atoms with van der Waals surface area (Å²) >= 11 is 15.6. The molecule has 10 heterocycles. The Morgan fingerprint density at radius 1 is 0.549 bits per heavy atom. The number of rotatable bonds is 15. The van der Waals surface area contributed by atoms with E-state index in [1.165, 1.54) is 12.1 Å². The van der Waals surface area contributed by atoms with Gasteiger partial charge in [0.15, 0.2) is 0 Å². The van der Waals surface area contributed by atoms with Crippen molar-refractivity contribution in [2.75, 3.05) is 31.3 Å². The second-order valence-electron chi connectivity index (χ2n) is 22.9. The van der Waals surface area contributed by atoms with Crippen molar-refractivity contribution in [3.05, 3.63) is 187 Å². The van der Waals surface area contributed by atoms with Gasteiger partial charge < -0.3 is 49.9 Å². The first kappa shape index (κ1) is 81.7. The van der Waals surface area contributed by atoms with Crippen LogP contribution in [-0.2, 0) is 43.2 Å². The number of nitrogen functional groups attached to an aromatic ring is 2. The van der Waals surface area contributed by atoms with Crippen molar-refractivity contribution < 1.29 is 56.1 Å². The Morgan fingerprint density at radius 3 is 1.38 bits per heavy atom. The molecule has 25 nitrogen and oxygen atoms in total. The minimum atomic E-state index is -0.503. The fourth-order valence-electron chi connectivity index (χ4n) is 10.1. The van der Waals surface area contributed by atoms with E-state index in [1.54, 1.807) is 74.4 Å². The second kappa shape index (κ2) is 37.7. The van der Waals surface area contributed by atoms with Crippen LogP contribution in [0.5, 0.6) is 0 Å². The van der Waals surface area contributed by atoms with Crippen LogP contribution in [0.15, 0.2) is 160 Å². The molecule has 0 saturated carbocycles. The third-order valence-electron chi connectivity index (χ3n) is 15.7. The monoisotopic (exact) mass is 1920 g/mol. The van der Waals surface area contributed by atoms with Crippen LogP contribution in [-0.4, -0.2) is 120 Å².